The first kappa shape index (κ1) is 17.1. The standard InChI is InChI=1S/C17H24N2O2/c1-5-13(3)19(6-2)17(20)15-9-10-16(21-4)14(12-15)8-7-11-18/h9-10,12-13H,5-6,11,18H2,1-4H3. The third-order valence-electron chi connectivity index (χ3n) is 3.50. The molecular weight excluding hydrogens is 264 g/mol. The molecule has 1 aromatic carbocycles. The second-order valence-corrected chi connectivity index (χ2v) is 4.77. The lowest BCUT2D eigenvalue weighted by Gasteiger charge is -2.27. The maximum Gasteiger partial charge on any atom is 0.254 e. The van der Waals surface area contributed by atoms with Crippen LogP contribution in [-0.4, -0.2) is 37.0 Å². The number of methoxy groups -OCH3 is 1. The average Bonchev–Trinajstić information content (AvgIpc) is 2.52. The van der Waals surface area contributed by atoms with E-state index in [-0.39, 0.29) is 18.5 Å². The summed E-state index contributed by atoms with van der Waals surface area (Å²) >= 11 is 0. The summed E-state index contributed by atoms with van der Waals surface area (Å²) in [5.41, 5.74) is 6.72. The van der Waals surface area contributed by atoms with Crippen molar-refractivity contribution in [3.8, 4) is 17.6 Å². The molecule has 21 heavy (non-hydrogen) atoms. The highest BCUT2D eigenvalue weighted by atomic mass is 16.5. The minimum atomic E-state index is 0.0188. The molecule has 4 heteroatoms. The van der Waals surface area contributed by atoms with Crippen LogP contribution < -0.4 is 10.5 Å². The number of benzene rings is 1. The number of amides is 1. The average molecular weight is 288 g/mol. The molecule has 1 aromatic rings. The van der Waals surface area contributed by atoms with Crippen LogP contribution in [-0.2, 0) is 0 Å². The fourth-order valence-electron chi connectivity index (χ4n) is 2.13. The van der Waals surface area contributed by atoms with Crippen molar-refractivity contribution in [1.29, 1.82) is 0 Å². The van der Waals surface area contributed by atoms with Gasteiger partial charge in [-0.15, -0.1) is 0 Å². The summed E-state index contributed by atoms with van der Waals surface area (Å²) < 4.78 is 5.26. The van der Waals surface area contributed by atoms with Crippen LogP contribution in [0.4, 0.5) is 0 Å². The quantitative estimate of drug-likeness (QED) is 0.846. The van der Waals surface area contributed by atoms with Crippen molar-refractivity contribution < 1.29 is 9.53 Å². The largest absolute Gasteiger partial charge is 0.495 e. The third kappa shape index (κ3) is 4.24. The molecule has 0 aliphatic rings. The van der Waals surface area contributed by atoms with Gasteiger partial charge in [-0.05, 0) is 38.5 Å². The Hall–Kier alpha value is -1.99. The zero-order chi connectivity index (χ0) is 15.8. The predicted molar refractivity (Wildman–Crippen MR) is 85.4 cm³/mol. The number of hydrogen-bond donors (Lipinski definition) is 1. The number of rotatable bonds is 5. The normalized spacial score (nSPS) is 11.3. The summed E-state index contributed by atoms with van der Waals surface area (Å²) in [5.74, 6) is 6.41. The van der Waals surface area contributed by atoms with Crippen LogP contribution in [0.25, 0.3) is 0 Å². The van der Waals surface area contributed by atoms with E-state index in [4.69, 9.17) is 10.5 Å². The van der Waals surface area contributed by atoms with Gasteiger partial charge in [-0.3, -0.25) is 4.79 Å². The Kier molecular flexibility index (Phi) is 6.77. The molecule has 0 fully saturated rings. The van der Waals surface area contributed by atoms with Gasteiger partial charge in [-0.2, -0.15) is 0 Å². The van der Waals surface area contributed by atoms with E-state index in [2.05, 4.69) is 25.7 Å². The molecule has 4 nitrogen and oxygen atoms in total. The van der Waals surface area contributed by atoms with Crippen LogP contribution in [0.5, 0.6) is 5.75 Å². The Labute approximate surface area is 127 Å². The number of ether oxygens (including phenoxy) is 1. The minimum Gasteiger partial charge on any atom is -0.495 e. The topological polar surface area (TPSA) is 55.6 Å². The van der Waals surface area contributed by atoms with E-state index in [1.807, 2.05) is 11.8 Å². The molecule has 0 radical (unpaired) electrons. The lowest BCUT2D eigenvalue weighted by Crippen LogP contribution is -2.38. The van der Waals surface area contributed by atoms with E-state index >= 15 is 0 Å². The highest BCUT2D eigenvalue weighted by molar-refractivity contribution is 5.95. The van der Waals surface area contributed by atoms with Gasteiger partial charge in [0.05, 0.1) is 19.2 Å². The molecule has 0 aromatic heterocycles. The maximum atomic E-state index is 12.6. The maximum absolute atomic E-state index is 12.6. The van der Waals surface area contributed by atoms with E-state index in [1.54, 1.807) is 25.3 Å². The van der Waals surface area contributed by atoms with E-state index < -0.39 is 0 Å². The van der Waals surface area contributed by atoms with Crippen LogP contribution in [0.1, 0.15) is 43.1 Å². The Balaban J connectivity index is 3.15. The fourth-order valence-corrected chi connectivity index (χ4v) is 2.13. The monoisotopic (exact) mass is 288 g/mol. The molecule has 2 N–H and O–H groups in total. The molecule has 0 heterocycles. The first-order valence-electron chi connectivity index (χ1n) is 7.26. The van der Waals surface area contributed by atoms with E-state index in [0.29, 0.717) is 23.4 Å². The molecule has 0 saturated carbocycles. The molecule has 1 atom stereocenters. The summed E-state index contributed by atoms with van der Waals surface area (Å²) in [6.07, 6.45) is 0.926. The van der Waals surface area contributed by atoms with Gasteiger partial charge in [0.2, 0.25) is 0 Å². The van der Waals surface area contributed by atoms with Crippen LogP contribution in [0.15, 0.2) is 18.2 Å². The van der Waals surface area contributed by atoms with Gasteiger partial charge in [0, 0.05) is 18.2 Å². The zero-order valence-corrected chi connectivity index (χ0v) is 13.3. The Morgan fingerprint density at radius 2 is 2.14 bits per heavy atom. The van der Waals surface area contributed by atoms with Crippen molar-refractivity contribution in [3.63, 3.8) is 0 Å². The van der Waals surface area contributed by atoms with Crippen LogP contribution >= 0.6 is 0 Å². The molecule has 114 valence electrons. The van der Waals surface area contributed by atoms with Crippen LogP contribution in [0, 0.1) is 11.8 Å². The molecule has 0 aliphatic carbocycles. The molecule has 0 spiro atoms. The first-order valence-corrected chi connectivity index (χ1v) is 7.26. The number of carbonyl (C=O) groups is 1. The molecule has 1 unspecified atom stereocenters. The summed E-state index contributed by atoms with van der Waals surface area (Å²) in [6, 6.07) is 5.54. The summed E-state index contributed by atoms with van der Waals surface area (Å²) in [4.78, 5) is 14.5. The Morgan fingerprint density at radius 1 is 1.43 bits per heavy atom. The van der Waals surface area contributed by atoms with Crippen molar-refractivity contribution >= 4 is 5.91 Å². The van der Waals surface area contributed by atoms with Crippen molar-refractivity contribution in [2.24, 2.45) is 5.73 Å². The fraction of sp³-hybridized carbons (Fsp3) is 0.471. The summed E-state index contributed by atoms with van der Waals surface area (Å²) in [5, 5.41) is 0. The minimum absolute atomic E-state index is 0.0188. The third-order valence-corrected chi connectivity index (χ3v) is 3.50. The van der Waals surface area contributed by atoms with Gasteiger partial charge in [0.25, 0.3) is 5.91 Å². The van der Waals surface area contributed by atoms with Crippen LogP contribution in [0.2, 0.25) is 0 Å². The van der Waals surface area contributed by atoms with Crippen molar-refractivity contribution in [2.45, 2.75) is 33.2 Å². The predicted octanol–water partition coefficient (Wildman–Crippen LogP) is 2.27. The molecule has 0 aliphatic heterocycles. The number of carbonyl (C=O) groups excluding carboxylic acids is 1. The molecular formula is C17H24N2O2. The van der Waals surface area contributed by atoms with Crippen LogP contribution in [0.3, 0.4) is 0 Å². The molecule has 0 bridgehead atoms. The SMILES string of the molecule is CCC(C)N(CC)C(=O)c1ccc(OC)c(C#CCN)c1. The molecule has 1 rings (SSSR count). The van der Waals surface area contributed by atoms with Gasteiger partial charge in [0.1, 0.15) is 5.75 Å². The number of nitrogens with two attached hydrogens (primary N) is 1. The van der Waals surface area contributed by atoms with Gasteiger partial charge in [-0.25, -0.2) is 0 Å². The van der Waals surface area contributed by atoms with Crippen molar-refractivity contribution in [3.05, 3.63) is 29.3 Å². The zero-order valence-electron chi connectivity index (χ0n) is 13.3. The van der Waals surface area contributed by atoms with E-state index in [0.717, 1.165) is 6.42 Å². The highest BCUT2D eigenvalue weighted by Gasteiger charge is 2.19. The second kappa shape index (κ2) is 8.33. The van der Waals surface area contributed by atoms with Gasteiger partial charge in [-0.1, -0.05) is 18.8 Å². The van der Waals surface area contributed by atoms with Crippen molar-refractivity contribution in [2.75, 3.05) is 20.2 Å². The smallest absolute Gasteiger partial charge is 0.254 e. The molecule has 1 amide bonds. The first-order chi connectivity index (χ1) is 10.1. The number of hydrogen-bond acceptors (Lipinski definition) is 3. The van der Waals surface area contributed by atoms with Crippen molar-refractivity contribution in [1.82, 2.24) is 4.90 Å². The molecule has 0 saturated heterocycles. The Morgan fingerprint density at radius 3 is 2.67 bits per heavy atom. The number of nitrogens with zero attached hydrogens (tertiary/aromatic N) is 1. The highest BCUT2D eigenvalue weighted by Crippen LogP contribution is 2.20. The summed E-state index contributed by atoms with van der Waals surface area (Å²) in [6.45, 7) is 7.08. The van der Waals surface area contributed by atoms with E-state index in [9.17, 15) is 4.79 Å². The van der Waals surface area contributed by atoms with Gasteiger partial charge in [0.15, 0.2) is 0 Å². The Bertz CT molecular complexity index is 543. The second-order valence-electron chi connectivity index (χ2n) is 4.77. The lowest BCUT2D eigenvalue weighted by atomic mass is 10.1. The lowest BCUT2D eigenvalue weighted by molar-refractivity contribution is 0.0700. The van der Waals surface area contributed by atoms with Gasteiger partial charge >= 0.3 is 0 Å². The van der Waals surface area contributed by atoms with Gasteiger partial charge < -0.3 is 15.4 Å². The summed E-state index contributed by atoms with van der Waals surface area (Å²) in [7, 11) is 1.59. The van der Waals surface area contributed by atoms with E-state index in [1.165, 1.54) is 0 Å².